The first-order chi connectivity index (χ1) is 18.3. The summed E-state index contributed by atoms with van der Waals surface area (Å²) in [6, 6.07) is 15.1. The number of likely N-dealkylation sites (tertiary alicyclic amines) is 1. The standard InChI is InChI=1S/C29H29N7O2/c1-18(21-8-6-5-7-9-21)29(38)35-15-14-22(17-35)36-28(31-3)26(27(30)37)23(33-36)12-10-20-11-13-25-24(16-20)32-19(2)34(25)4/h5-9,11,13,16,22,31H,1,14-15,17H2,2-4H3,(H2,30,37). The minimum absolute atomic E-state index is 0.118. The van der Waals surface area contributed by atoms with Gasteiger partial charge in [0, 0.05) is 38.3 Å². The molecule has 4 aromatic rings. The largest absolute Gasteiger partial charge is 0.373 e. The highest BCUT2D eigenvalue weighted by Gasteiger charge is 2.33. The number of nitrogens with one attached hydrogen (secondary N) is 1. The van der Waals surface area contributed by atoms with E-state index in [-0.39, 0.29) is 23.2 Å². The summed E-state index contributed by atoms with van der Waals surface area (Å²) in [6.45, 7) is 6.94. The maximum Gasteiger partial charge on any atom is 0.255 e. The zero-order valence-corrected chi connectivity index (χ0v) is 21.7. The Balaban J connectivity index is 1.43. The Kier molecular flexibility index (Phi) is 6.47. The van der Waals surface area contributed by atoms with E-state index in [0.29, 0.717) is 30.9 Å². The first-order valence-corrected chi connectivity index (χ1v) is 12.4. The van der Waals surface area contributed by atoms with Crippen LogP contribution < -0.4 is 11.1 Å². The summed E-state index contributed by atoms with van der Waals surface area (Å²) < 4.78 is 3.75. The summed E-state index contributed by atoms with van der Waals surface area (Å²) in [4.78, 5) is 31.9. The molecule has 0 aliphatic carbocycles. The van der Waals surface area contributed by atoms with Crippen LogP contribution in [0.5, 0.6) is 0 Å². The van der Waals surface area contributed by atoms with Gasteiger partial charge in [-0.05, 0) is 43.0 Å². The van der Waals surface area contributed by atoms with Crippen molar-refractivity contribution in [2.75, 3.05) is 25.5 Å². The number of primary amides is 1. The molecule has 0 spiro atoms. The van der Waals surface area contributed by atoms with Gasteiger partial charge in [-0.1, -0.05) is 42.8 Å². The Morgan fingerprint density at radius 3 is 2.63 bits per heavy atom. The molecule has 1 unspecified atom stereocenters. The van der Waals surface area contributed by atoms with Gasteiger partial charge in [-0.2, -0.15) is 5.10 Å². The van der Waals surface area contributed by atoms with Crippen molar-refractivity contribution in [1.82, 2.24) is 24.2 Å². The molecule has 0 radical (unpaired) electrons. The van der Waals surface area contributed by atoms with E-state index in [4.69, 9.17) is 5.73 Å². The van der Waals surface area contributed by atoms with E-state index in [2.05, 4.69) is 33.8 Å². The van der Waals surface area contributed by atoms with E-state index < -0.39 is 5.91 Å². The number of carbonyl (C=O) groups excluding carboxylic acids is 2. The Bertz CT molecular complexity index is 1640. The van der Waals surface area contributed by atoms with Gasteiger partial charge in [0.15, 0.2) is 5.69 Å². The fourth-order valence-electron chi connectivity index (χ4n) is 4.87. The number of rotatable bonds is 5. The SMILES string of the molecule is C=C(C(=O)N1CCC(n2nc(C#Cc3ccc4c(c3)nc(C)n4C)c(C(N)=O)c2NC)C1)c1ccccc1. The number of anilines is 1. The maximum atomic E-state index is 13.1. The van der Waals surface area contributed by atoms with Crippen molar-refractivity contribution < 1.29 is 9.59 Å². The molecule has 1 aliphatic heterocycles. The van der Waals surface area contributed by atoms with Gasteiger partial charge >= 0.3 is 0 Å². The van der Waals surface area contributed by atoms with Gasteiger partial charge in [0.1, 0.15) is 17.2 Å². The van der Waals surface area contributed by atoms with Crippen molar-refractivity contribution in [1.29, 1.82) is 0 Å². The lowest BCUT2D eigenvalue weighted by atomic mass is 10.1. The second-order valence-electron chi connectivity index (χ2n) is 9.34. The van der Waals surface area contributed by atoms with E-state index in [0.717, 1.165) is 28.0 Å². The molecular formula is C29H29N7O2. The molecule has 0 saturated carbocycles. The zero-order chi connectivity index (χ0) is 27.0. The number of imidazole rings is 1. The minimum atomic E-state index is -0.621. The molecule has 9 nitrogen and oxygen atoms in total. The minimum Gasteiger partial charge on any atom is -0.373 e. The van der Waals surface area contributed by atoms with Gasteiger partial charge in [-0.15, -0.1) is 0 Å². The molecule has 3 heterocycles. The van der Waals surface area contributed by atoms with Crippen LogP contribution in [0.3, 0.4) is 0 Å². The number of aryl methyl sites for hydroxylation is 2. The third-order valence-corrected chi connectivity index (χ3v) is 7.00. The van der Waals surface area contributed by atoms with E-state index in [1.54, 1.807) is 16.6 Å². The van der Waals surface area contributed by atoms with Crippen LogP contribution in [-0.4, -0.2) is 56.2 Å². The molecule has 192 valence electrons. The van der Waals surface area contributed by atoms with Crippen LogP contribution in [-0.2, 0) is 11.8 Å². The predicted molar refractivity (Wildman–Crippen MR) is 147 cm³/mol. The van der Waals surface area contributed by atoms with Gasteiger partial charge in [-0.25, -0.2) is 9.67 Å². The molecule has 9 heteroatoms. The van der Waals surface area contributed by atoms with Crippen LogP contribution in [0.2, 0.25) is 0 Å². The molecule has 2 aromatic carbocycles. The van der Waals surface area contributed by atoms with Crippen molar-refractivity contribution in [2.24, 2.45) is 12.8 Å². The fraction of sp³-hybridized carbons (Fsp3) is 0.241. The molecule has 38 heavy (non-hydrogen) atoms. The normalized spacial score (nSPS) is 14.8. The summed E-state index contributed by atoms with van der Waals surface area (Å²) in [6.07, 6.45) is 0.672. The van der Waals surface area contributed by atoms with E-state index in [1.807, 2.05) is 67.1 Å². The number of carbonyl (C=O) groups is 2. The van der Waals surface area contributed by atoms with Gasteiger partial charge in [0.25, 0.3) is 11.8 Å². The number of hydrogen-bond donors (Lipinski definition) is 2. The van der Waals surface area contributed by atoms with Gasteiger partial charge < -0.3 is 20.5 Å². The van der Waals surface area contributed by atoms with Crippen LogP contribution in [0.25, 0.3) is 16.6 Å². The third-order valence-electron chi connectivity index (χ3n) is 7.00. The monoisotopic (exact) mass is 507 g/mol. The average molecular weight is 508 g/mol. The maximum absolute atomic E-state index is 13.1. The quantitative estimate of drug-likeness (QED) is 0.319. The average Bonchev–Trinajstić information content (AvgIpc) is 3.62. The highest BCUT2D eigenvalue weighted by atomic mass is 16.2. The number of nitrogens with zero attached hydrogens (tertiary/aromatic N) is 5. The first-order valence-electron chi connectivity index (χ1n) is 12.4. The Morgan fingerprint density at radius 2 is 1.92 bits per heavy atom. The second-order valence-corrected chi connectivity index (χ2v) is 9.34. The van der Waals surface area contributed by atoms with Gasteiger partial charge in [0.2, 0.25) is 0 Å². The van der Waals surface area contributed by atoms with E-state index >= 15 is 0 Å². The smallest absolute Gasteiger partial charge is 0.255 e. The van der Waals surface area contributed by atoms with Gasteiger partial charge in [0.05, 0.1) is 17.1 Å². The van der Waals surface area contributed by atoms with Crippen LogP contribution in [0.15, 0.2) is 55.1 Å². The number of nitrogens with two attached hydrogens (primary N) is 1. The highest BCUT2D eigenvalue weighted by molar-refractivity contribution is 6.18. The molecule has 5 rings (SSSR count). The Labute approximate surface area is 220 Å². The van der Waals surface area contributed by atoms with Crippen molar-refractivity contribution in [3.8, 4) is 11.8 Å². The molecule has 2 amide bonds. The van der Waals surface area contributed by atoms with Crippen molar-refractivity contribution in [2.45, 2.75) is 19.4 Å². The van der Waals surface area contributed by atoms with Crippen LogP contribution in [0, 0.1) is 18.8 Å². The van der Waals surface area contributed by atoms with Crippen LogP contribution in [0.1, 0.15) is 45.5 Å². The molecule has 1 saturated heterocycles. The van der Waals surface area contributed by atoms with Crippen molar-refractivity contribution in [3.05, 3.63) is 83.3 Å². The van der Waals surface area contributed by atoms with E-state index in [1.165, 1.54) is 0 Å². The molecule has 3 N–H and O–H groups in total. The number of amides is 2. The number of benzene rings is 2. The lowest BCUT2D eigenvalue weighted by Gasteiger charge is -2.19. The summed E-state index contributed by atoms with van der Waals surface area (Å²) in [7, 11) is 3.68. The Hall–Kier alpha value is -4.84. The molecule has 1 atom stereocenters. The highest BCUT2D eigenvalue weighted by Crippen LogP contribution is 2.30. The summed E-state index contributed by atoms with van der Waals surface area (Å²) >= 11 is 0. The van der Waals surface area contributed by atoms with Crippen molar-refractivity contribution in [3.63, 3.8) is 0 Å². The lowest BCUT2D eigenvalue weighted by molar-refractivity contribution is -0.124. The molecule has 0 bridgehead atoms. The van der Waals surface area contributed by atoms with Crippen molar-refractivity contribution >= 4 is 34.2 Å². The van der Waals surface area contributed by atoms with Crippen LogP contribution >= 0.6 is 0 Å². The Morgan fingerprint density at radius 1 is 1.16 bits per heavy atom. The molecule has 2 aromatic heterocycles. The molecular weight excluding hydrogens is 478 g/mol. The van der Waals surface area contributed by atoms with E-state index in [9.17, 15) is 9.59 Å². The molecule has 1 fully saturated rings. The lowest BCUT2D eigenvalue weighted by Crippen LogP contribution is -2.30. The summed E-state index contributed by atoms with van der Waals surface area (Å²) in [5.74, 6) is 6.80. The fourth-order valence-corrected chi connectivity index (χ4v) is 4.87. The zero-order valence-electron chi connectivity index (χ0n) is 21.7. The number of fused-ring (bicyclic) bond motifs is 1. The summed E-state index contributed by atoms with van der Waals surface area (Å²) in [5, 5.41) is 7.74. The summed E-state index contributed by atoms with van der Waals surface area (Å²) in [5.41, 5.74) is 10.1. The number of aromatic nitrogens is 4. The number of hydrogen-bond acceptors (Lipinski definition) is 5. The first kappa shape index (κ1) is 24.8. The third kappa shape index (κ3) is 4.41. The molecule has 1 aliphatic rings. The van der Waals surface area contributed by atoms with Crippen LogP contribution in [0.4, 0.5) is 5.82 Å². The second kappa shape index (κ2) is 9.90. The predicted octanol–water partition coefficient (Wildman–Crippen LogP) is 3.11. The topological polar surface area (TPSA) is 111 Å². The van der Waals surface area contributed by atoms with Gasteiger partial charge in [-0.3, -0.25) is 9.59 Å².